The number of hydrogen-bond donors (Lipinski definition) is 2. The van der Waals surface area contributed by atoms with Crippen LogP contribution in [0.15, 0.2) is 4.79 Å². The summed E-state index contributed by atoms with van der Waals surface area (Å²) in [6, 6.07) is -0.415. The Bertz CT molecular complexity index is 974. The average Bonchev–Trinajstić information content (AvgIpc) is 3.12. The Morgan fingerprint density at radius 1 is 1.35 bits per heavy atom. The van der Waals surface area contributed by atoms with E-state index in [1.807, 2.05) is 0 Å². The molecule has 1 fully saturated rings. The van der Waals surface area contributed by atoms with Gasteiger partial charge in [-0.1, -0.05) is 0 Å². The number of sulfone groups is 1. The van der Waals surface area contributed by atoms with Gasteiger partial charge in [0.05, 0.1) is 16.9 Å². The molecule has 1 saturated heterocycles. The average molecular weight is 353 g/mol. The third-order valence-electron chi connectivity index (χ3n) is 4.36. The van der Waals surface area contributed by atoms with Gasteiger partial charge in [-0.05, 0) is 31.2 Å². The molecule has 0 saturated carbocycles. The van der Waals surface area contributed by atoms with Gasteiger partial charge in [0.25, 0.3) is 11.5 Å². The minimum absolute atomic E-state index is 0.0493. The van der Waals surface area contributed by atoms with Gasteiger partial charge in [0, 0.05) is 10.9 Å². The molecule has 1 atom stereocenters. The SMILES string of the molecule is O=C(NC1CCS(=O)(=O)C1)c1nc2sc3c(c2c(=O)[nH]1)CCC3. The number of nitrogens with zero attached hydrogens (tertiary/aromatic N) is 1. The number of aromatic nitrogens is 2. The van der Waals surface area contributed by atoms with Crippen molar-refractivity contribution in [2.24, 2.45) is 0 Å². The lowest BCUT2D eigenvalue weighted by atomic mass is 10.2. The molecule has 0 bridgehead atoms. The number of thiophene rings is 1. The summed E-state index contributed by atoms with van der Waals surface area (Å²) >= 11 is 1.47. The molecule has 1 aliphatic carbocycles. The van der Waals surface area contributed by atoms with E-state index >= 15 is 0 Å². The lowest BCUT2D eigenvalue weighted by molar-refractivity contribution is 0.0930. The highest BCUT2D eigenvalue weighted by molar-refractivity contribution is 7.91. The first-order valence-electron chi connectivity index (χ1n) is 7.49. The van der Waals surface area contributed by atoms with Gasteiger partial charge in [0.2, 0.25) is 5.82 Å². The van der Waals surface area contributed by atoms with Gasteiger partial charge in [0.1, 0.15) is 4.83 Å². The molecule has 23 heavy (non-hydrogen) atoms. The Morgan fingerprint density at radius 3 is 2.91 bits per heavy atom. The zero-order chi connectivity index (χ0) is 16.2. The topological polar surface area (TPSA) is 109 Å². The van der Waals surface area contributed by atoms with Gasteiger partial charge in [-0.2, -0.15) is 0 Å². The van der Waals surface area contributed by atoms with Crippen LogP contribution < -0.4 is 10.9 Å². The second-order valence-corrected chi connectivity index (χ2v) is 9.34. The van der Waals surface area contributed by atoms with Crippen molar-refractivity contribution in [3.8, 4) is 0 Å². The molecule has 1 unspecified atom stereocenters. The summed E-state index contributed by atoms with van der Waals surface area (Å²) < 4.78 is 22.9. The third-order valence-corrected chi connectivity index (χ3v) is 7.31. The van der Waals surface area contributed by atoms with Crippen molar-refractivity contribution >= 4 is 37.3 Å². The molecule has 4 rings (SSSR count). The molecule has 0 spiro atoms. The van der Waals surface area contributed by atoms with Crippen LogP contribution in [-0.2, 0) is 22.7 Å². The molecule has 1 aliphatic heterocycles. The van der Waals surface area contributed by atoms with Crippen molar-refractivity contribution in [2.75, 3.05) is 11.5 Å². The van der Waals surface area contributed by atoms with Crippen LogP contribution in [0.4, 0.5) is 0 Å². The minimum Gasteiger partial charge on any atom is -0.346 e. The number of aromatic amines is 1. The molecule has 0 aromatic carbocycles. The number of carbonyl (C=O) groups excluding carboxylic acids is 1. The Labute approximate surface area is 136 Å². The standard InChI is InChI=1S/C14H15N3O4S2/c18-12-10-8-2-1-3-9(8)22-14(10)17-11(16-12)13(19)15-7-4-5-23(20,21)6-7/h7H,1-6H2,(H,15,19)(H,16,17,18). The number of aryl methyl sites for hydroxylation is 2. The molecular weight excluding hydrogens is 338 g/mol. The second kappa shape index (κ2) is 5.13. The van der Waals surface area contributed by atoms with Gasteiger partial charge in [0.15, 0.2) is 9.84 Å². The number of H-pyrrole nitrogens is 1. The van der Waals surface area contributed by atoms with E-state index in [0.717, 1.165) is 24.8 Å². The molecule has 9 heteroatoms. The van der Waals surface area contributed by atoms with Crippen LogP contribution in [0.25, 0.3) is 10.2 Å². The summed E-state index contributed by atoms with van der Waals surface area (Å²) in [6.07, 6.45) is 3.28. The normalized spacial score (nSPS) is 22.3. The Morgan fingerprint density at radius 2 is 2.17 bits per heavy atom. The van der Waals surface area contributed by atoms with Gasteiger partial charge in [-0.3, -0.25) is 9.59 Å². The predicted octanol–water partition coefficient (Wildman–Crippen LogP) is 0.390. The fourth-order valence-corrected chi connectivity index (χ4v) is 6.21. The highest BCUT2D eigenvalue weighted by atomic mass is 32.2. The monoisotopic (exact) mass is 353 g/mol. The summed E-state index contributed by atoms with van der Waals surface area (Å²) in [4.78, 5) is 33.1. The highest BCUT2D eigenvalue weighted by Crippen LogP contribution is 2.34. The number of carbonyl (C=O) groups is 1. The summed E-state index contributed by atoms with van der Waals surface area (Å²) in [7, 11) is -3.07. The molecule has 122 valence electrons. The van der Waals surface area contributed by atoms with Crippen molar-refractivity contribution in [1.82, 2.24) is 15.3 Å². The number of nitrogens with one attached hydrogen (secondary N) is 2. The maximum atomic E-state index is 12.3. The molecule has 2 aliphatic rings. The first kappa shape index (κ1) is 14.8. The van der Waals surface area contributed by atoms with E-state index in [1.54, 1.807) is 0 Å². The lowest BCUT2D eigenvalue weighted by Crippen LogP contribution is -2.37. The van der Waals surface area contributed by atoms with Crippen molar-refractivity contribution in [2.45, 2.75) is 31.7 Å². The van der Waals surface area contributed by atoms with Crippen LogP contribution in [0.1, 0.15) is 33.9 Å². The highest BCUT2D eigenvalue weighted by Gasteiger charge is 2.30. The van der Waals surface area contributed by atoms with Crippen LogP contribution in [0.5, 0.6) is 0 Å². The number of hydrogen-bond acceptors (Lipinski definition) is 6. The molecule has 0 radical (unpaired) electrons. The van der Waals surface area contributed by atoms with E-state index < -0.39 is 21.8 Å². The van der Waals surface area contributed by atoms with Crippen LogP contribution in [0, 0.1) is 0 Å². The van der Waals surface area contributed by atoms with E-state index in [4.69, 9.17) is 0 Å². The van der Waals surface area contributed by atoms with E-state index in [1.165, 1.54) is 16.2 Å². The number of amides is 1. The van der Waals surface area contributed by atoms with Crippen molar-refractivity contribution in [1.29, 1.82) is 0 Å². The van der Waals surface area contributed by atoms with E-state index in [-0.39, 0.29) is 22.9 Å². The molecule has 1 amide bonds. The Balaban J connectivity index is 1.64. The van der Waals surface area contributed by atoms with Gasteiger partial charge < -0.3 is 10.3 Å². The van der Waals surface area contributed by atoms with Gasteiger partial charge in [-0.25, -0.2) is 13.4 Å². The fraction of sp³-hybridized carbons (Fsp3) is 0.500. The minimum atomic E-state index is -3.07. The van der Waals surface area contributed by atoms with Crippen LogP contribution >= 0.6 is 11.3 Å². The molecule has 7 nitrogen and oxygen atoms in total. The quantitative estimate of drug-likeness (QED) is 0.812. The van der Waals surface area contributed by atoms with Gasteiger partial charge in [-0.15, -0.1) is 11.3 Å². The second-order valence-electron chi connectivity index (χ2n) is 6.03. The molecule has 2 aromatic heterocycles. The van der Waals surface area contributed by atoms with Crippen molar-refractivity contribution in [3.63, 3.8) is 0 Å². The summed E-state index contributed by atoms with van der Waals surface area (Å²) in [5.41, 5.74) is 0.770. The van der Waals surface area contributed by atoms with E-state index in [9.17, 15) is 18.0 Å². The van der Waals surface area contributed by atoms with Crippen LogP contribution in [-0.4, -0.2) is 41.8 Å². The third kappa shape index (κ3) is 2.57. The zero-order valence-electron chi connectivity index (χ0n) is 12.2. The van der Waals surface area contributed by atoms with Crippen molar-refractivity contribution < 1.29 is 13.2 Å². The maximum absolute atomic E-state index is 12.3. The predicted molar refractivity (Wildman–Crippen MR) is 86.8 cm³/mol. The summed E-state index contributed by atoms with van der Waals surface area (Å²) in [5.74, 6) is -0.553. The van der Waals surface area contributed by atoms with E-state index in [0.29, 0.717) is 16.6 Å². The number of rotatable bonds is 2. The molecule has 3 heterocycles. The Hall–Kier alpha value is -1.74. The first-order valence-corrected chi connectivity index (χ1v) is 10.1. The Kier molecular flexibility index (Phi) is 3.31. The van der Waals surface area contributed by atoms with Crippen LogP contribution in [0.3, 0.4) is 0 Å². The fourth-order valence-electron chi connectivity index (χ4n) is 3.27. The summed E-state index contributed by atoms with van der Waals surface area (Å²) in [5, 5.41) is 3.25. The van der Waals surface area contributed by atoms with Crippen LogP contribution in [0.2, 0.25) is 0 Å². The smallest absolute Gasteiger partial charge is 0.287 e. The van der Waals surface area contributed by atoms with E-state index in [2.05, 4.69) is 15.3 Å². The molecular formula is C14H15N3O4S2. The zero-order valence-corrected chi connectivity index (χ0v) is 13.8. The number of fused-ring (bicyclic) bond motifs is 3. The van der Waals surface area contributed by atoms with Gasteiger partial charge >= 0.3 is 0 Å². The lowest BCUT2D eigenvalue weighted by Gasteiger charge is -2.09. The molecule has 2 aromatic rings. The first-order chi connectivity index (χ1) is 10.9. The summed E-state index contributed by atoms with van der Waals surface area (Å²) in [6.45, 7) is 0. The maximum Gasteiger partial charge on any atom is 0.287 e. The largest absolute Gasteiger partial charge is 0.346 e. The van der Waals surface area contributed by atoms with Crippen molar-refractivity contribution in [3.05, 3.63) is 26.6 Å². The molecule has 2 N–H and O–H groups in total.